The largest absolute Gasteiger partial charge is 0.493 e. The van der Waals surface area contributed by atoms with Crippen LogP contribution in [0, 0.1) is 6.92 Å². The van der Waals surface area contributed by atoms with E-state index >= 15 is 0 Å². The number of hydrogen-bond donors (Lipinski definition) is 2. The molecule has 1 aliphatic rings. The van der Waals surface area contributed by atoms with Gasteiger partial charge in [0, 0.05) is 32.5 Å². The molecule has 2 aromatic carbocycles. The molecule has 2 aromatic rings. The van der Waals surface area contributed by atoms with E-state index in [1.807, 2.05) is 31.2 Å². The smallest absolute Gasteiger partial charge is 0.319 e. The van der Waals surface area contributed by atoms with Crippen molar-refractivity contribution < 1.29 is 23.8 Å². The monoisotopic (exact) mass is 441 g/mol. The van der Waals surface area contributed by atoms with E-state index < -0.39 is 5.54 Å². The number of hydrogen-bond acceptors (Lipinski definition) is 5. The number of aryl methyl sites for hydroxylation is 1. The Kier molecular flexibility index (Phi) is 7.58. The average Bonchev–Trinajstić information content (AvgIpc) is 3.20. The molecule has 0 aromatic heterocycles. The number of ether oxygens (including phenoxy) is 3. The van der Waals surface area contributed by atoms with Gasteiger partial charge in [-0.3, -0.25) is 4.79 Å². The summed E-state index contributed by atoms with van der Waals surface area (Å²) in [6, 6.07) is 12.5. The number of amides is 3. The highest BCUT2D eigenvalue weighted by atomic mass is 16.5. The van der Waals surface area contributed by atoms with Crippen LogP contribution in [0.2, 0.25) is 0 Å². The van der Waals surface area contributed by atoms with Crippen molar-refractivity contribution in [2.45, 2.75) is 25.3 Å². The molecule has 1 atom stereocenters. The Labute approximate surface area is 188 Å². The van der Waals surface area contributed by atoms with Gasteiger partial charge in [-0.05, 0) is 49.6 Å². The molecule has 2 N–H and O–H groups in total. The van der Waals surface area contributed by atoms with Crippen molar-refractivity contribution in [3.05, 3.63) is 53.6 Å². The molecule has 8 nitrogen and oxygen atoms in total. The predicted molar refractivity (Wildman–Crippen MR) is 123 cm³/mol. The maximum absolute atomic E-state index is 13.3. The molecular formula is C24H31N3O5. The standard InChI is InChI=1S/C24H31N3O5/c1-17-7-5-8-18(15-17)25-23(29)26-24(12-14-30-2)11-13-27(16-24)22(28)19-9-6-10-20(31-3)21(19)32-4/h5-10,15H,11-14,16H2,1-4H3,(H2,25,26,29). The Morgan fingerprint density at radius 3 is 2.56 bits per heavy atom. The number of para-hydroxylation sites is 1. The highest BCUT2D eigenvalue weighted by molar-refractivity contribution is 5.98. The molecule has 1 saturated heterocycles. The molecule has 0 saturated carbocycles. The molecule has 1 aliphatic heterocycles. The lowest BCUT2D eigenvalue weighted by atomic mass is 9.94. The lowest BCUT2D eigenvalue weighted by Gasteiger charge is -2.30. The van der Waals surface area contributed by atoms with Gasteiger partial charge in [0.1, 0.15) is 0 Å². The molecule has 1 fully saturated rings. The molecule has 3 rings (SSSR count). The van der Waals surface area contributed by atoms with Gasteiger partial charge in [-0.25, -0.2) is 4.79 Å². The third kappa shape index (κ3) is 5.31. The number of carbonyl (C=O) groups is 2. The highest BCUT2D eigenvalue weighted by Crippen LogP contribution is 2.34. The molecule has 1 heterocycles. The van der Waals surface area contributed by atoms with Crippen LogP contribution in [0.3, 0.4) is 0 Å². The number of benzene rings is 2. The number of carbonyl (C=O) groups excluding carboxylic acids is 2. The summed E-state index contributed by atoms with van der Waals surface area (Å²) in [5.41, 5.74) is 1.61. The van der Waals surface area contributed by atoms with Crippen molar-refractivity contribution >= 4 is 17.6 Å². The Morgan fingerprint density at radius 2 is 1.88 bits per heavy atom. The van der Waals surface area contributed by atoms with Crippen molar-refractivity contribution in [1.29, 1.82) is 0 Å². The Hall–Kier alpha value is -3.26. The SMILES string of the molecule is COCCC1(NC(=O)Nc2cccc(C)c2)CCN(C(=O)c2cccc(OC)c2OC)C1. The van der Waals surface area contributed by atoms with Gasteiger partial charge < -0.3 is 29.7 Å². The summed E-state index contributed by atoms with van der Waals surface area (Å²) in [7, 11) is 4.67. The van der Waals surface area contributed by atoms with E-state index in [0.717, 1.165) is 11.3 Å². The van der Waals surface area contributed by atoms with Crippen LogP contribution in [-0.2, 0) is 4.74 Å². The number of likely N-dealkylation sites (tertiary alicyclic amines) is 1. The molecule has 0 aliphatic carbocycles. The summed E-state index contributed by atoms with van der Waals surface area (Å²) >= 11 is 0. The normalized spacial score (nSPS) is 17.7. The quantitative estimate of drug-likeness (QED) is 0.655. The predicted octanol–water partition coefficient (Wildman–Crippen LogP) is 3.46. The maximum Gasteiger partial charge on any atom is 0.319 e. The fourth-order valence-corrected chi connectivity index (χ4v) is 4.06. The summed E-state index contributed by atoms with van der Waals surface area (Å²) in [5.74, 6) is 0.735. The van der Waals surface area contributed by atoms with E-state index in [0.29, 0.717) is 49.6 Å². The van der Waals surface area contributed by atoms with Gasteiger partial charge in [-0.15, -0.1) is 0 Å². The van der Waals surface area contributed by atoms with Crippen molar-refractivity contribution in [2.75, 3.05) is 46.3 Å². The zero-order valence-corrected chi connectivity index (χ0v) is 19.1. The summed E-state index contributed by atoms with van der Waals surface area (Å²) in [6.07, 6.45) is 1.21. The first-order chi connectivity index (χ1) is 15.4. The van der Waals surface area contributed by atoms with Crippen molar-refractivity contribution in [3.63, 3.8) is 0 Å². The maximum atomic E-state index is 13.3. The number of methoxy groups -OCH3 is 3. The van der Waals surface area contributed by atoms with Crippen LogP contribution in [0.4, 0.5) is 10.5 Å². The third-order valence-electron chi connectivity index (χ3n) is 5.71. The summed E-state index contributed by atoms with van der Waals surface area (Å²) in [5, 5.41) is 5.99. The van der Waals surface area contributed by atoms with E-state index in [1.165, 1.54) is 14.2 Å². The first-order valence-electron chi connectivity index (χ1n) is 10.6. The van der Waals surface area contributed by atoms with E-state index in [-0.39, 0.29) is 11.9 Å². The van der Waals surface area contributed by atoms with Crippen LogP contribution in [0.1, 0.15) is 28.8 Å². The summed E-state index contributed by atoms with van der Waals surface area (Å²) < 4.78 is 16.0. The zero-order chi connectivity index (χ0) is 23.1. The van der Waals surface area contributed by atoms with Crippen molar-refractivity contribution in [3.8, 4) is 11.5 Å². The first-order valence-corrected chi connectivity index (χ1v) is 10.6. The van der Waals surface area contributed by atoms with E-state index in [1.54, 1.807) is 30.2 Å². The number of nitrogens with one attached hydrogen (secondary N) is 2. The molecule has 1 unspecified atom stereocenters. The molecule has 0 spiro atoms. The van der Waals surface area contributed by atoms with Crippen LogP contribution in [0.25, 0.3) is 0 Å². The van der Waals surface area contributed by atoms with Gasteiger partial charge in [-0.1, -0.05) is 18.2 Å². The minimum Gasteiger partial charge on any atom is -0.493 e. The number of nitrogens with zero attached hydrogens (tertiary/aromatic N) is 1. The third-order valence-corrected chi connectivity index (χ3v) is 5.71. The minimum absolute atomic E-state index is 0.166. The number of anilines is 1. The van der Waals surface area contributed by atoms with Gasteiger partial charge in [0.25, 0.3) is 5.91 Å². The topological polar surface area (TPSA) is 89.1 Å². The van der Waals surface area contributed by atoms with Crippen LogP contribution in [0.15, 0.2) is 42.5 Å². The second-order valence-electron chi connectivity index (χ2n) is 7.99. The van der Waals surface area contributed by atoms with Gasteiger partial charge in [0.15, 0.2) is 11.5 Å². The van der Waals surface area contributed by atoms with Crippen molar-refractivity contribution in [2.24, 2.45) is 0 Å². The second-order valence-corrected chi connectivity index (χ2v) is 7.99. The van der Waals surface area contributed by atoms with Gasteiger partial charge in [0.05, 0.1) is 25.3 Å². The molecule has 0 radical (unpaired) electrons. The van der Waals surface area contributed by atoms with Crippen LogP contribution in [-0.4, -0.2) is 63.4 Å². The zero-order valence-electron chi connectivity index (χ0n) is 19.1. The number of urea groups is 1. The Balaban J connectivity index is 1.76. The van der Waals surface area contributed by atoms with Crippen LogP contribution >= 0.6 is 0 Å². The van der Waals surface area contributed by atoms with E-state index in [4.69, 9.17) is 14.2 Å². The molecule has 172 valence electrons. The van der Waals surface area contributed by atoms with Crippen molar-refractivity contribution in [1.82, 2.24) is 10.2 Å². The van der Waals surface area contributed by atoms with Gasteiger partial charge in [-0.2, -0.15) is 0 Å². The highest BCUT2D eigenvalue weighted by Gasteiger charge is 2.41. The summed E-state index contributed by atoms with van der Waals surface area (Å²) in [4.78, 5) is 27.8. The van der Waals surface area contributed by atoms with Gasteiger partial charge in [0.2, 0.25) is 0 Å². The Morgan fingerprint density at radius 1 is 1.09 bits per heavy atom. The molecule has 8 heteroatoms. The van der Waals surface area contributed by atoms with E-state index in [9.17, 15) is 9.59 Å². The first kappa shape index (κ1) is 23.4. The summed E-state index contributed by atoms with van der Waals surface area (Å²) in [6.45, 7) is 3.32. The second kappa shape index (κ2) is 10.4. The Bertz CT molecular complexity index is 964. The average molecular weight is 442 g/mol. The minimum atomic E-state index is -0.592. The van der Waals surface area contributed by atoms with E-state index in [2.05, 4.69) is 10.6 Å². The lowest BCUT2D eigenvalue weighted by Crippen LogP contribution is -2.53. The molecule has 3 amide bonds. The van der Waals surface area contributed by atoms with Crippen LogP contribution in [0.5, 0.6) is 11.5 Å². The molecule has 0 bridgehead atoms. The fraction of sp³-hybridized carbons (Fsp3) is 0.417. The molecular weight excluding hydrogens is 410 g/mol. The lowest BCUT2D eigenvalue weighted by molar-refractivity contribution is 0.0768. The number of rotatable bonds is 8. The van der Waals surface area contributed by atoms with Crippen LogP contribution < -0.4 is 20.1 Å². The fourth-order valence-electron chi connectivity index (χ4n) is 4.06. The van der Waals surface area contributed by atoms with Gasteiger partial charge >= 0.3 is 6.03 Å². The molecule has 32 heavy (non-hydrogen) atoms.